The molecule has 4 rings (SSSR count). The summed E-state index contributed by atoms with van der Waals surface area (Å²) in [7, 11) is 0.114. The van der Waals surface area contributed by atoms with Crippen molar-refractivity contribution in [3.05, 3.63) is 72.8 Å². The summed E-state index contributed by atoms with van der Waals surface area (Å²) < 4.78 is 12.6. The number of hydrogen-bond donors (Lipinski definition) is 1. The minimum absolute atomic E-state index is 0.114. The summed E-state index contributed by atoms with van der Waals surface area (Å²) in [5.74, 6) is 1.00. The molecular formula is C27H29O3P. The molecule has 0 bridgehead atoms. The highest BCUT2D eigenvalue weighted by Gasteiger charge is 2.25. The topological polar surface area (TPSA) is 38.7 Å². The molecule has 0 aliphatic heterocycles. The molecule has 4 aromatic rings. The maximum absolute atomic E-state index is 10.9. The average Bonchev–Trinajstić information content (AvgIpc) is 2.77. The van der Waals surface area contributed by atoms with Crippen LogP contribution < -0.4 is 4.52 Å². The number of benzene rings is 4. The third-order valence-corrected chi connectivity index (χ3v) is 6.46. The monoisotopic (exact) mass is 432 g/mol. The van der Waals surface area contributed by atoms with Crippen molar-refractivity contribution < 1.29 is 14.4 Å². The molecule has 2 unspecified atom stereocenters. The Kier molecular flexibility index (Phi) is 6.18. The molecule has 0 aliphatic rings. The Morgan fingerprint density at radius 3 is 2.06 bits per heavy atom. The van der Waals surface area contributed by atoms with Crippen LogP contribution in [0.5, 0.6) is 11.5 Å². The van der Waals surface area contributed by atoms with Gasteiger partial charge >= 0.3 is 0 Å². The predicted octanol–water partition coefficient (Wildman–Crippen LogP) is 7.89. The maximum atomic E-state index is 10.9. The number of ether oxygens (including phenoxy) is 1. The molecule has 4 heteroatoms. The van der Waals surface area contributed by atoms with E-state index in [1.54, 1.807) is 6.07 Å². The van der Waals surface area contributed by atoms with Gasteiger partial charge in [0.25, 0.3) is 0 Å². The van der Waals surface area contributed by atoms with E-state index in [4.69, 9.17) is 9.26 Å². The van der Waals surface area contributed by atoms with E-state index in [0.717, 1.165) is 44.8 Å². The van der Waals surface area contributed by atoms with Crippen LogP contribution in [0.4, 0.5) is 0 Å². The quantitative estimate of drug-likeness (QED) is 0.302. The molecule has 4 aromatic carbocycles. The van der Waals surface area contributed by atoms with Crippen LogP contribution in [-0.2, 0) is 4.74 Å². The zero-order valence-corrected chi connectivity index (χ0v) is 19.5. The van der Waals surface area contributed by atoms with Crippen LogP contribution in [0.2, 0.25) is 0 Å². The first-order chi connectivity index (χ1) is 14.9. The number of fused-ring (bicyclic) bond motifs is 2. The van der Waals surface area contributed by atoms with Gasteiger partial charge in [0.15, 0.2) is 0 Å². The Balaban J connectivity index is 1.86. The minimum Gasteiger partial charge on any atom is -0.507 e. The zero-order valence-electron chi connectivity index (χ0n) is 18.5. The van der Waals surface area contributed by atoms with E-state index >= 15 is 0 Å². The second kappa shape index (κ2) is 8.86. The maximum Gasteiger partial charge on any atom is 0.131 e. The van der Waals surface area contributed by atoms with E-state index in [-0.39, 0.29) is 20.7 Å². The van der Waals surface area contributed by atoms with Crippen molar-refractivity contribution in [1.29, 1.82) is 0 Å². The van der Waals surface area contributed by atoms with Crippen LogP contribution in [0, 0.1) is 0 Å². The van der Waals surface area contributed by atoms with Crippen molar-refractivity contribution in [2.45, 2.75) is 45.6 Å². The Morgan fingerprint density at radius 1 is 0.839 bits per heavy atom. The van der Waals surface area contributed by atoms with Gasteiger partial charge < -0.3 is 14.4 Å². The van der Waals surface area contributed by atoms with Gasteiger partial charge in [0.2, 0.25) is 0 Å². The van der Waals surface area contributed by atoms with Crippen LogP contribution in [0.3, 0.4) is 0 Å². The van der Waals surface area contributed by atoms with Crippen LogP contribution in [0.25, 0.3) is 32.7 Å². The summed E-state index contributed by atoms with van der Waals surface area (Å²) in [4.78, 5) is 0. The van der Waals surface area contributed by atoms with Crippen molar-refractivity contribution in [2.75, 3.05) is 0 Å². The largest absolute Gasteiger partial charge is 0.507 e. The summed E-state index contributed by atoms with van der Waals surface area (Å²) >= 11 is 0. The van der Waals surface area contributed by atoms with E-state index in [9.17, 15) is 5.11 Å². The van der Waals surface area contributed by atoms with E-state index in [1.807, 2.05) is 42.5 Å². The molecule has 0 saturated heterocycles. The standard InChI is InChI=1S/C27H29O3P/c1-5-18(2)29-27(3,4)31-30-24-17-15-20-11-7-9-13-22(20)26(24)25-21-12-8-6-10-19(21)14-16-23(25)28/h6-18,28,31H,5H2,1-4H3. The van der Waals surface area contributed by atoms with Crippen LogP contribution in [0.1, 0.15) is 34.1 Å². The second-order valence-electron chi connectivity index (χ2n) is 8.39. The first kappa shape index (κ1) is 21.6. The lowest BCUT2D eigenvalue weighted by atomic mass is 9.92. The molecule has 160 valence electrons. The van der Waals surface area contributed by atoms with Gasteiger partial charge in [0.1, 0.15) is 25.6 Å². The van der Waals surface area contributed by atoms with Gasteiger partial charge in [-0.25, -0.2) is 0 Å². The Bertz CT molecular complexity index is 1220. The van der Waals surface area contributed by atoms with Crippen molar-refractivity contribution >= 4 is 30.4 Å². The third kappa shape index (κ3) is 4.54. The van der Waals surface area contributed by atoms with Crippen LogP contribution in [-0.4, -0.2) is 16.6 Å². The molecule has 31 heavy (non-hydrogen) atoms. The second-order valence-corrected chi connectivity index (χ2v) is 10.0. The van der Waals surface area contributed by atoms with Crippen LogP contribution >= 0.6 is 8.81 Å². The summed E-state index contributed by atoms with van der Waals surface area (Å²) in [6.45, 7) is 8.33. The highest BCUT2D eigenvalue weighted by molar-refractivity contribution is 7.34. The first-order valence-corrected chi connectivity index (χ1v) is 11.6. The van der Waals surface area contributed by atoms with Crippen LogP contribution in [0.15, 0.2) is 72.8 Å². The first-order valence-electron chi connectivity index (χ1n) is 10.7. The molecular weight excluding hydrogens is 403 g/mol. The number of phenolic OH excluding ortho intramolecular Hbond substituents is 1. The highest BCUT2D eigenvalue weighted by Crippen LogP contribution is 2.47. The molecule has 3 nitrogen and oxygen atoms in total. The molecule has 0 aromatic heterocycles. The normalized spacial score (nSPS) is 13.3. The fraction of sp³-hybridized carbons (Fsp3) is 0.259. The van der Waals surface area contributed by atoms with Gasteiger partial charge in [0.05, 0.1) is 6.10 Å². The number of aromatic hydroxyl groups is 1. The molecule has 0 heterocycles. The van der Waals surface area contributed by atoms with E-state index in [1.165, 1.54) is 0 Å². The predicted molar refractivity (Wildman–Crippen MR) is 132 cm³/mol. The number of hydrogen-bond acceptors (Lipinski definition) is 3. The molecule has 0 amide bonds. The third-order valence-electron chi connectivity index (χ3n) is 5.53. The molecule has 0 radical (unpaired) electrons. The summed E-state index contributed by atoms with van der Waals surface area (Å²) in [6.07, 6.45) is 1.13. The van der Waals surface area contributed by atoms with Gasteiger partial charge in [-0.05, 0) is 60.9 Å². The molecule has 0 aliphatic carbocycles. The smallest absolute Gasteiger partial charge is 0.131 e. The molecule has 1 N–H and O–H groups in total. The molecule has 0 saturated carbocycles. The van der Waals surface area contributed by atoms with Crippen molar-refractivity contribution in [3.63, 3.8) is 0 Å². The Hall–Kier alpha value is -2.61. The van der Waals surface area contributed by atoms with Gasteiger partial charge in [-0.1, -0.05) is 67.6 Å². The average molecular weight is 433 g/mol. The van der Waals surface area contributed by atoms with Crippen molar-refractivity contribution in [3.8, 4) is 22.6 Å². The Labute approximate surface area is 185 Å². The summed E-state index contributed by atoms with van der Waals surface area (Å²) in [6, 6.07) is 24.1. The fourth-order valence-electron chi connectivity index (χ4n) is 3.91. The van der Waals surface area contributed by atoms with Crippen molar-refractivity contribution in [2.24, 2.45) is 0 Å². The minimum atomic E-state index is -0.404. The van der Waals surface area contributed by atoms with Crippen molar-refractivity contribution in [1.82, 2.24) is 0 Å². The summed E-state index contributed by atoms with van der Waals surface area (Å²) in [5.41, 5.74) is 1.72. The van der Waals surface area contributed by atoms with E-state index < -0.39 is 5.34 Å². The van der Waals surface area contributed by atoms with Gasteiger partial charge in [0, 0.05) is 11.1 Å². The van der Waals surface area contributed by atoms with Gasteiger partial charge in [-0.15, -0.1) is 0 Å². The zero-order chi connectivity index (χ0) is 22.0. The lowest BCUT2D eigenvalue weighted by Crippen LogP contribution is -2.24. The molecule has 0 fully saturated rings. The number of phenols is 1. The SMILES string of the molecule is CCC(C)OC(C)(C)POc1ccc2ccccc2c1-c1c(O)ccc2ccccc12. The number of rotatable bonds is 7. The van der Waals surface area contributed by atoms with E-state index in [2.05, 4.69) is 52.0 Å². The highest BCUT2D eigenvalue weighted by atomic mass is 31.1. The van der Waals surface area contributed by atoms with Gasteiger partial charge in [-0.3, -0.25) is 0 Å². The molecule has 2 atom stereocenters. The van der Waals surface area contributed by atoms with E-state index in [0.29, 0.717) is 0 Å². The lowest BCUT2D eigenvalue weighted by Gasteiger charge is -2.29. The summed E-state index contributed by atoms with van der Waals surface area (Å²) in [5, 5.41) is 14.8. The van der Waals surface area contributed by atoms with Gasteiger partial charge in [-0.2, -0.15) is 0 Å². The Morgan fingerprint density at radius 2 is 1.42 bits per heavy atom. The fourth-order valence-corrected chi connectivity index (χ4v) is 4.68. The molecule has 0 spiro atoms. The lowest BCUT2D eigenvalue weighted by molar-refractivity contribution is -0.0108.